The number of hydrogen-bond acceptors (Lipinski definition) is 5. The van der Waals surface area contributed by atoms with E-state index in [0.717, 1.165) is 25.7 Å². The summed E-state index contributed by atoms with van der Waals surface area (Å²) < 4.78 is 4.61. The molecular formula is C11H18N4O2. The van der Waals surface area contributed by atoms with Crippen LogP contribution in [0.25, 0.3) is 0 Å². The van der Waals surface area contributed by atoms with Gasteiger partial charge in [0.2, 0.25) is 12.3 Å². The number of carbonyl (C=O) groups excluding carboxylic acids is 1. The lowest BCUT2D eigenvalue weighted by Gasteiger charge is -2.27. The zero-order chi connectivity index (χ0) is 12.1. The number of nitrogens with one attached hydrogen (secondary N) is 1. The normalized spacial score (nSPS) is 24.5. The molecule has 0 spiro atoms. The summed E-state index contributed by atoms with van der Waals surface area (Å²) in [7, 11) is 0. The molecule has 1 heterocycles. The average Bonchev–Trinajstić information content (AvgIpc) is 2.82. The first-order valence-corrected chi connectivity index (χ1v) is 6.06. The summed E-state index contributed by atoms with van der Waals surface area (Å²) in [6.07, 6.45) is 5.95. The minimum absolute atomic E-state index is 0.00826. The van der Waals surface area contributed by atoms with Crippen LogP contribution < -0.4 is 11.1 Å². The number of hydrogen-bond donors (Lipinski definition) is 2. The highest BCUT2D eigenvalue weighted by atomic mass is 16.5. The average molecular weight is 238 g/mol. The van der Waals surface area contributed by atoms with Gasteiger partial charge in [0.15, 0.2) is 5.82 Å². The zero-order valence-corrected chi connectivity index (χ0v) is 9.76. The van der Waals surface area contributed by atoms with Gasteiger partial charge in [-0.05, 0) is 12.8 Å². The molecule has 1 fully saturated rings. The molecule has 1 saturated carbocycles. The number of carbonyl (C=O) groups is 1. The van der Waals surface area contributed by atoms with Crippen molar-refractivity contribution in [3.05, 3.63) is 12.2 Å². The van der Waals surface area contributed by atoms with Gasteiger partial charge in [-0.15, -0.1) is 0 Å². The van der Waals surface area contributed by atoms with Crippen LogP contribution in [0.5, 0.6) is 0 Å². The van der Waals surface area contributed by atoms with Gasteiger partial charge in [0.1, 0.15) is 0 Å². The summed E-state index contributed by atoms with van der Waals surface area (Å²) in [6.45, 7) is 0.529. The lowest BCUT2D eigenvalue weighted by molar-refractivity contribution is -0.126. The third kappa shape index (κ3) is 3.26. The Morgan fingerprint density at radius 1 is 1.53 bits per heavy atom. The second-order valence-corrected chi connectivity index (χ2v) is 4.44. The van der Waals surface area contributed by atoms with Crippen LogP contribution >= 0.6 is 0 Å². The molecule has 94 valence electrons. The molecule has 1 aliphatic rings. The third-order valence-corrected chi connectivity index (χ3v) is 3.21. The van der Waals surface area contributed by atoms with Crippen molar-refractivity contribution >= 4 is 5.91 Å². The molecule has 0 aromatic carbocycles. The van der Waals surface area contributed by atoms with Crippen molar-refractivity contribution in [1.29, 1.82) is 0 Å². The second-order valence-electron chi connectivity index (χ2n) is 4.44. The highest BCUT2D eigenvalue weighted by Crippen LogP contribution is 2.22. The van der Waals surface area contributed by atoms with Gasteiger partial charge in [-0.3, -0.25) is 4.79 Å². The maximum absolute atomic E-state index is 11.9. The number of rotatable bonds is 4. The molecule has 17 heavy (non-hydrogen) atoms. The monoisotopic (exact) mass is 238 g/mol. The first kappa shape index (κ1) is 12.0. The van der Waals surface area contributed by atoms with Crippen LogP contribution in [-0.4, -0.2) is 28.6 Å². The van der Waals surface area contributed by atoms with Crippen molar-refractivity contribution in [2.75, 3.05) is 6.54 Å². The van der Waals surface area contributed by atoms with E-state index in [1.807, 2.05) is 0 Å². The second kappa shape index (κ2) is 5.77. The smallest absolute Gasteiger partial charge is 0.224 e. The summed E-state index contributed by atoms with van der Waals surface area (Å²) in [5.74, 6) is 0.632. The molecule has 1 amide bonds. The fraction of sp³-hybridized carbons (Fsp3) is 0.727. The standard InChI is InChI=1S/C11H18N4O2/c12-9-4-2-1-3-8(9)11(16)13-6-5-10-14-7-17-15-10/h7-9H,1-6,12H2,(H,13,16). The minimum atomic E-state index is -0.0333. The fourth-order valence-corrected chi connectivity index (χ4v) is 2.22. The van der Waals surface area contributed by atoms with Gasteiger partial charge in [-0.1, -0.05) is 18.0 Å². The van der Waals surface area contributed by atoms with Crippen LogP contribution in [0.1, 0.15) is 31.5 Å². The van der Waals surface area contributed by atoms with E-state index in [2.05, 4.69) is 20.0 Å². The van der Waals surface area contributed by atoms with Gasteiger partial charge < -0.3 is 15.6 Å². The van der Waals surface area contributed by atoms with E-state index in [-0.39, 0.29) is 17.9 Å². The molecule has 2 unspecified atom stereocenters. The molecule has 2 atom stereocenters. The maximum Gasteiger partial charge on any atom is 0.224 e. The van der Waals surface area contributed by atoms with E-state index in [1.54, 1.807) is 0 Å². The van der Waals surface area contributed by atoms with E-state index in [4.69, 9.17) is 5.73 Å². The molecule has 1 aromatic heterocycles. The Hall–Kier alpha value is -1.43. The van der Waals surface area contributed by atoms with Gasteiger partial charge >= 0.3 is 0 Å². The van der Waals surface area contributed by atoms with Crippen molar-refractivity contribution in [3.63, 3.8) is 0 Å². The van der Waals surface area contributed by atoms with Crippen molar-refractivity contribution in [1.82, 2.24) is 15.5 Å². The molecule has 6 nitrogen and oxygen atoms in total. The molecular weight excluding hydrogens is 220 g/mol. The molecule has 0 radical (unpaired) electrons. The highest BCUT2D eigenvalue weighted by Gasteiger charge is 2.27. The predicted octanol–water partition coefficient (Wildman–Crippen LogP) is 0.246. The van der Waals surface area contributed by atoms with Gasteiger partial charge in [0.25, 0.3) is 0 Å². The van der Waals surface area contributed by atoms with Gasteiger partial charge in [-0.25, -0.2) is 0 Å². The Morgan fingerprint density at radius 3 is 3.06 bits per heavy atom. The number of amides is 1. The quantitative estimate of drug-likeness (QED) is 0.784. The highest BCUT2D eigenvalue weighted by molar-refractivity contribution is 5.79. The largest absolute Gasteiger partial charge is 0.355 e. The van der Waals surface area contributed by atoms with Gasteiger partial charge in [-0.2, -0.15) is 4.98 Å². The van der Waals surface area contributed by atoms with Crippen LogP contribution in [0.15, 0.2) is 10.9 Å². The SMILES string of the molecule is NC1CCCCC1C(=O)NCCc1ncon1. The third-order valence-electron chi connectivity index (χ3n) is 3.21. The van der Waals surface area contributed by atoms with E-state index < -0.39 is 0 Å². The molecule has 2 rings (SSSR count). The van der Waals surface area contributed by atoms with Crippen LogP contribution in [0, 0.1) is 5.92 Å². The molecule has 1 aromatic rings. The molecule has 3 N–H and O–H groups in total. The topological polar surface area (TPSA) is 94.0 Å². The summed E-state index contributed by atoms with van der Waals surface area (Å²) in [5, 5.41) is 6.56. The Bertz CT molecular complexity index is 352. The summed E-state index contributed by atoms with van der Waals surface area (Å²) in [5.41, 5.74) is 5.95. The zero-order valence-electron chi connectivity index (χ0n) is 9.76. The van der Waals surface area contributed by atoms with Crippen LogP contribution in [0.3, 0.4) is 0 Å². The number of nitrogens with two attached hydrogens (primary N) is 1. The molecule has 1 aliphatic carbocycles. The lowest BCUT2D eigenvalue weighted by Crippen LogP contribution is -2.44. The molecule has 6 heteroatoms. The summed E-state index contributed by atoms with van der Waals surface area (Å²) in [4.78, 5) is 15.8. The van der Waals surface area contributed by atoms with E-state index in [0.29, 0.717) is 18.8 Å². The number of nitrogens with zero attached hydrogens (tertiary/aromatic N) is 2. The Morgan fingerprint density at radius 2 is 2.35 bits per heavy atom. The van der Waals surface area contributed by atoms with Crippen molar-refractivity contribution in [3.8, 4) is 0 Å². The van der Waals surface area contributed by atoms with Crippen molar-refractivity contribution in [2.24, 2.45) is 11.7 Å². The lowest BCUT2D eigenvalue weighted by atomic mass is 9.84. The van der Waals surface area contributed by atoms with E-state index in [9.17, 15) is 4.79 Å². The van der Waals surface area contributed by atoms with Gasteiger partial charge in [0, 0.05) is 19.0 Å². The van der Waals surface area contributed by atoms with Crippen molar-refractivity contribution < 1.29 is 9.32 Å². The Balaban J connectivity index is 1.73. The van der Waals surface area contributed by atoms with E-state index in [1.165, 1.54) is 6.39 Å². The molecule has 0 saturated heterocycles. The van der Waals surface area contributed by atoms with Crippen LogP contribution in [-0.2, 0) is 11.2 Å². The van der Waals surface area contributed by atoms with Crippen LogP contribution in [0.2, 0.25) is 0 Å². The maximum atomic E-state index is 11.9. The Kier molecular flexibility index (Phi) is 4.08. The van der Waals surface area contributed by atoms with E-state index >= 15 is 0 Å². The molecule has 0 bridgehead atoms. The fourth-order valence-electron chi connectivity index (χ4n) is 2.22. The molecule has 0 aliphatic heterocycles. The first-order valence-electron chi connectivity index (χ1n) is 6.06. The summed E-state index contributed by atoms with van der Waals surface area (Å²) >= 11 is 0. The van der Waals surface area contributed by atoms with Crippen molar-refractivity contribution in [2.45, 2.75) is 38.1 Å². The minimum Gasteiger partial charge on any atom is -0.355 e. The first-order chi connectivity index (χ1) is 8.27. The van der Waals surface area contributed by atoms with Crippen LogP contribution in [0.4, 0.5) is 0 Å². The van der Waals surface area contributed by atoms with Gasteiger partial charge in [0.05, 0.1) is 5.92 Å². The summed E-state index contributed by atoms with van der Waals surface area (Å²) in [6, 6.07) is 0.00826. The predicted molar refractivity (Wildman–Crippen MR) is 60.9 cm³/mol. The number of aromatic nitrogens is 2. The Labute approximate surface area is 99.9 Å².